The van der Waals surface area contributed by atoms with E-state index < -0.39 is 0 Å². The zero-order chi connectivity index (χ0) is 13.5. The molecule has 1 heterocycles. The average Bonchev–Trinajstić information content (AvgIpc) is 2.85. The highest BCUT2D eigenvalue weighted by Gasteiger charge is 2.06. The highest BCUT2D eigenvalue weighted by atomic mass is 79.9. The third kappa shape index (κ3) is 4.38. The smallest absolute Gasteiger partial charge is 0.165 e. The molecule has 0 fully saturated rings. The van der Waals surface area contributed by atoms with Gasteiger partial charge < -0.3 is 10.1 Å². The van der Waals surface area contributed by atoms with Gasteiger partial charge in [-0.1, -0.05) is 28.1 Å². The largest absolute Gasteiger partial charge is 0.383 e. The van der Waals surface area contributed by atoms with E-state index in [1.807, 2.05) is 24.3 Å². The van der Waals surface area contributed by atoms with E-state index in [1.54, 1.807) is 11.8 Å². The van der Waals surface area contributed by atoms with Crippen LogP contribution in [0.2, 0.25) is 0 Å². The van der Waals surface area contributed by atoms with Crippen molar-refractivity contribution in [3.8, 4) is 0 Å². The van der Waals surface area contributed by atoms with Gasteiger partial charge in [-0.15, -0.1) is 5.10 Å². The van der Waals surface area contributed by atoms with Gasteiger partial charge in [0.15, 0.2) is 5.82 Å². The average molecular weight is 326 g/mol. The Bertz CT molecular complexity index is 499. The lowest BCUT2D eigenvalue weighted by Crippen LogP contribution is -2.21. The van der Waals surface area contributed by atoms with Crippen LogP contribution in [0.5, 0.6) is 0 Å². The first-order valence-corrected chi connectivity index (χ1v) is 6.78. The predicted molar refractivity (Wildman–Crippen MR) is 74.6 cm³/mol. The van der Waals surface area contributed by atoms with Gasteiger partial charge in [-0.2, -0.15) is 0 Å². The number of aromatic nitrogens is 4. The van der Waals surface area contributed by atoms with E-state index in [9.17, 15) is 0 Å². The molecule has 1 aromatic heterocycles. The van der Waals surface area contributed by atoms with Crippen molar-refractivity contribution in [2.75, 3.05) is 20.3 Å². The minimum atomic E-state index is 0.632. The van der Waals surface area contributed by atoms with Crippen molar-refractivity contribution in [1.29, 1.82) is 0 Å². The van der Waals surface area contributed by atoms with Gasteiger partial charge in [-0.25, -0.2) is 4.68 Å². The van der Waals surface area contributed by atoms with E-state index in [0.717, 1.165) is 22.4 Å². The number of methoxy groups -OCH3 is 1. The summed E-state index contributed by atoms with van der Waals surface area (Å²) in [7, 11) is 1.68. The predicted octanol–water partition coefficient (Wildman–Crippen LogP) is 1.22. The van der Waals surface area contributed by atoms with Gasteiger partial charge in [0.25, 0.3) is 0 Å². The fraction of sp³-hybridized carbons (Fsp3) is 0.417. The fourth-order valence-corrected chi connectivity index (χ4v) is 1.87. The van der Waals surface area contributed by atoms with Crippen LogP contribution in [0.4, 0.5) is 0 Å². The molecule has 102 valence electrons. The molecular formula is C12H16BrN5O. The van der Waals surface area contributed by atoms with E-state index >= 15 is 0 Å². The first kappa shape index (κ1) is 14.1. The van der Waals surface area contributed by atoms with Gasteiger partial charge in [-0.3, -0.25) is 0 Å². The molecule has 0 bridgehead atoms. The third-order valence-electron chi connectivity index (χ3n) is 2.62. The van der Waals surface area contributed by atoms with Crippen LogP contribution in [0.3, 0.4) is 0 Å². The molecule has 0 saturated heterocycles. The van der Waals surface area contributed by atoms with Crippen LogP contribution in [-0.4, -0.2) is 40.5 Å². The molecule has 0 aliphatic rings. The van der Waals surface area contributed by atoms with Crippen LogP contribution in [-0.2, 0) is 17.8 Å². The SMILES string of the molecule is COCCNCc1nnnn1Cc1ccc(Br)cc1. The van der Waals surface area contributed by atoms with Crippen molar-refractivity contribution in [1.82, 2.24) is 25.5 Å². The van der Waals surface area contributed by atoms with Crippen LogP contribution < -0.4 is 5.32 Å². The number of ether oxygens (including phenoxy) is 1. The Balaban J connectivity index is 1.93. The lowest BCUT2D eigenvalue weighted by Gasteiger charge is -2.06. The minimum absolute atomic E-state index is 0.632. The molecule has 1 aromatic carbocycles. The quantitative estimate of drug-likeness (QED) is 0.775. The van der Waals surface area contributed by atoms with Crippen molar-refractivity contribution in [3.05, 3.63) is 40.1 Å². The molecule has 0 aliphatic heterocycles. The summed E-state index contributed by atoms with van der Waals surface area (Å²) in [5.41, 5.74) is 1.16. The van der Waals surface area contributed by atoms with Crippen LogP contribution >= 0.6 is 15.9 Å². The number of halogens is 1. The topological polar surface area (TPSA) is 64.9 Å². The summed E-state index contributed by atoms with van der Waals surface area (Å²) in [6, 6.07) is 8.12. The Morgan fingerprint density at radius 2 is 2.11 bits per heavy atom. The Labute approximate surface area is 120 Å². The Morgan fingerprint density at radius 1 is 1.32 bits per heavy atom. The summed E-state index contributed by atoms with van der Waals surface area (Å²) in [5, 5.41) is 15.0. The molecule has 0 atom stereocenters. The van der Waals surface area contributed by atoms with Crippen molar-refractivity contribution in [2.24, 2.45) is 0 Å². The van der Waals surface area contributed by atoms with Crippen LogP contribution in [0, 0.1) is 0 Å². The van der Waals surface area contributed by atoms with Gasteiger partial charge in [0, 0.05) is 18.1 Å². The second kappa shape index (κ2) is 7.32. The van der Waals surface area contributed by atoms with E-state index in [-0.39, 0.29) is 0 Å². The van der Waals surface area contributed by atoms with E-state index in [1.165, 1.54) is 0 Å². The first-order chi connectivity index (χ1) is 9.29. The number of rotatable bonds is 7. The number of nitrogens with zero attached hydrogens (tertiary/aromatic N) is 4. The maximum Gasteiger partial charge on any atom is 0.165 e. The molecule has 7 heteroatoms. The molecule has 0 aliphatic carbocycles. The van der Waals surface area contributed by atoms with Crippen LogP contribution in [0.15, 0.2) is 28.7 Å². The summed E-state index contributed by atoms with van der Waals surface area (Å²) in [5.74, 6) is 0.819. The summed E-state index contributed by atoms with van der Waals surface area (Å²) < 4.78 is 7.83. The van der Waals surface area contributed by atoms with E-state index in [0.29, 0.717) is 19.7 Å². The second-order valence-corrected chi connectivity index (χ2v) is 4.96. The van der Waals surface area contributed by atoms with Gasteiger partial charge in [0.1, 0.15) is 0 Å². The summed E-state index contributed by atoms with van der Waals surface area (Å²) in [6.07, 6.45) is 0. The molecule has 0 unspecified atom stereocenters. The molecule has 0 radical (unpaired) electrons. The molecule has 0 saturated carbocycles. The Kier molecular flexibility index (Phi) is 5.44. The van der Waals surface area contributed by atoms with Crippen molar-refractivity contribution in [3.63, 3.8) is 0 Å². The van der Waals surface area contributed by atoms with E-state index in [4.69, 9.17) is 4.74 Å². The van der Waals surface area contributed by atoms with Gasteiger partial charge >= 0.3 is 0 Å². The highest BCUT2D eigenvalue weighted by Crippen LogP contribution is 2.11. The molecule has 1 N–H and O–H groups in total. The van der Waals surface area contributed by atoms with Crippen molar-refractivity contribution in [2.45, 2.75) is 13.1 Å². The van der Waals surface area contributed by atoms with E-state index in [2.05, 4.69) is 36.8 Å². The van der Waals surface area contributed by atoms with Crippen LogP contribution in [0.1, 0.15) is 11.4 Å². The number of tetrazole rings is 1. The third-order valence-corrected chi connectivity index (χ3v) is 3.15. The second-order valence-electron chi connectivity index (χ2n) is 4.05. The first-order valence-electron chi connectivity index (χ1n) is 5.98. The summed E-state index contributed by atoms with van der Waals surface area (Å²) in [4.78, 5) is 0. The monoisotopic (exact) mass is 325 g/mol. The fourth-order valence-electron chi connectivity index (χ4n) is 1.61. The van der Waals surface area contributed by atoms with Gasteiger partial charge in [-0.05, 0) is 28.1 Å². The van der Waals surface area contributed by atoms with Gasteiger partial charge in [0.05, 0.1) is 19.7 Å². The molecule has 0 amide bonds. The molecular weight excluding hydrogens is 310 g/mol. The van der Waals surface area contributed by atoms with Gasteiger partial charge in [0.2, 0.25) is 0 Å². The standard InChI is InChI=1S/C12H16BrN5O/c1-19-7-6-14-8-12-15-16-17-18(12)9-10-2-4-11(13)5-3-10/h2-5,14H,6-9H2,1H3. The maximum absolute atomic E-state index is 4.97. The molecule has 0 spiro atoms. The summed E-state index contributed by atoms with van der Waals surface area (Å²) >= 11 is 3.42. The Hall–Kier alpha value is -1.31. The number of benzene rings is 1. The lowest BCUT2D eigenvalue weighted by atomic mass is 10.2. The van der Waals surface area contributed by atoms with Crippen molar-refractivity contribution < 1.29 is 4.74 Å². The zero-order valence-corrected chi connectivity index (χ0v) is 12.3. The minimum Gasteiger partial charge on any atom is -0.383 e. The zero-order valence-electron chi connectivity index (χ0n) is 10.7. The molecule has 2 aromatic rings. The van der Waals surface area contributed by atoms with Crippen molar-refractivity contribution >= 4 is 15.9 Å². The Morgan fingerprint density at radius 3 is 2.84 bits per heavy atom. The summed E-state index contributed by atoms with van der Waals surface area (Å²) in [6.45, 7) is 2.75. The maximum atomic E-state index is 4.97. The normalized spacial score (nSPS) is 10.8. The lowest BCUT2D eigenvalue weighted by molar-refractivity contribution is 0.198. The molecule has 6 nitrogen and oxygen atoms in total. The number of nitrogens with one attached hydrogen (secondary N) is 1. The van der Waals surface area contributed by atoms with Crippen LogP contribution in [0.25, 0.3) is 0 Å². The number of hydrogen-bond acceptors (Lipinski definition) is 5. The number of hydrogen-bond donors (Lipinski definition) is 1. The molecule has 2 rings (SSSR count). The molecule has 19 heavy (non-hydrogen) atoms. The highest BCUT2D eigenvalue weighted by molar-refractivity contribution is 9.10.